The zero-order valence-electron chi connectivity index (χ0n) is 10.9. The Labute approximate surface area is 121 Å². The fourth-order valence-corrected chi connectivity index (χ4v) is 2.80. The van der Waals surface area contributed by atoms with Crippen LogP contribution in [0.5, 0.6) is 5.75 Å². The van der Waals surface area contributed by atoms with Gasteiger partial charge in [0, 0.05) is 11.4 Å². The summed E-state index contributed by atoms with van der Waals surface area (Å²) in [4.78, 5) is 12.2. The van der Waals surface area contributed by atoms with Gasteiger partial charge in [-0.05, 0) is 31.0 Å². The van der Waals surface area contributed by atoms with Crippen molar-refractivity contribution < 1.29 is 18.3 Å². The lowest BCUT2D eigenvalue weighted by Gasteiger charge is -2.27. The second-order valence-corrected chi connectivity index (χ2v) is 5.25. The molecule has 1 aliphatic carbocycles. The number of amides is 1. The summed E-state index contributed by atoms with van der Waals surface area (Å²) in [6.07, 6.45) is 3.74. The smallest absolute Gasteiger partial charge is 0.387 e. The monoisotopic (exact) mass is 303 g/mol. The first-order valence-electron chi connectivity index (χ1n) is 6.48. The number of ether oxygens (including phenoxy) is 1. The quantitative estimate of drug-likeness (QED) is 0.845. The fraction of sp³-hybridized carbons (Fsp3) is 0.500. The predicted molar refractivity (Wildman–Crippen MR) is 72.5 cm³/mol. The number of carbonyl (C=O) groups excluding carboxylic acids is 1. The predicted octanol–water partition coefficient (Wildman–Crippen LogP) is 3.57. The van der Waals surface area contributed by atoms with E-state index in [4.69, 9.17) is 11.6 Å². The normalized spacial score (nSPS) is 17.2. The molecule has 0 aliphatic heterocycles. The molecule has 110 valence electrons. The molecule has 0 unspecified atom stereocenters. The molecule has 0 atom stereocenters. The van der Waals surface area contributed by atoms with Crippen molar-refractivity contribution in [3.05, 3.63) is 29.8 Å². The first-order chi connectivity index (χ1) is 9.54. The van der Waals surface area contributed by atoms with Crippen molar-refractivity contribution >= 4 is 17.5 Å². The Morgan fingerprint density at radius 2 is 2.10 bits per heavy atom. The average Bonchev–Trinajstić information content (AvgIpc) is 2.87. The fourth-order valence-electron chi connectivity index (χ4n) is 2.47. The molecule has 0 radical (unpaired) electrons. The summed E-state index contributed by atoms with van der Waals surface area (Å²) in [6.45, 7) is -2.91. The van der Waals surface area contributed by atoms with Crippen molar-refractivity contribution in [1.29, 1.82) is 0 Å². The van der Waals surface area contributed by atoms with Crippen molar-refractivity contribution in [2.45, 2.75) is 37.8 Å². The van der Waals surface area contributed by atoms with Gasteiger partial charge in [0.1, 0.15) is 5.75 Å². The molecule has 0 aromatic heterocycles. The molecule has 1 N–H and O–H groups in total. The van der Waals surface area contributed by atoms with Crippen molar-refractivity contribution in [3.63, 3.8) is 0 Å². The highest BCUT2D eigenvalue weighted by atomic mass is 35.5. The Bertz CT molecular complexity index is 476. The van der Waals surface area contributed by atoms with Crippen molar-refractivity contribution in [2.24, 2.45) is 0 Å². The van der Waals surface area contributed by atoms with Crippen molar-refractivity contribution in [1.82, 2.24) is 5.32 Å². The largest absolute Gasteiger partial charge is 0.435 e. The van der Waals surface area contributed by atoms with Gasteiger partial charge in [-0.3, -0.25) is 4.79 Å². The zero-order valence-corrected chi connectivity index (χ0v) is 11.6. The Kier molecular flexibility index (Phi) is 4.81. The van der Waals surface area contributed by atoms with Crippen LogP contribution in [0.3, 0.4) is 0 Å². The highest BCUT2D eigenvalue weighted by Gasteiger charge is 2.34. The van der Waals surface area contributed by atoms with Gasteiger partial charge in [-0.1, -0.05) is 18.9 Å². The van der Waals surface area contributed by atoms with Gasteiger partial charge in [-0.25, -0.2) is 0 Å². The summed E-state index contributed by atoms with van der Waals surface area (Å²) >= 11 is 5.96. The lowest BCUT2D eigenvalue weighted by Crippen LogP contribution is -2.47. The van der Waals surface area contributed by atoms with Gasteiger partial charge in [-0.2, -0.15) is 8.78 Å². The van der Waals surface area contributed by atoms with E-state index < -0.39 is 6.61 Å². The molecule has 1 amide bonds. The van der Waals surface area contributed by atoms with E-state index in [1.807, 2.05) is 0 Å². The first kappa shape index (κ1) is 15.0. The van der Waals surface area contributed by atoms with E-state index in [1.54, 1.807) is 6.07 Å². The number of benzene rings is 1. The van der Waals surface area contributed by atoms with E-state index in [-0.39, 0.29) is 17.2 Å². The van der Waals surface area contributed by atoms with Gasteiger partial charge < -0.3 is 10.1 Å². The van der Waals surface area contributed by atoms with Gasteiger partial charge in [0.25, 0.3) is 5.91 Å². The highest BCUT2D eigenvalue weighted by Crippen LogP contribution is 2.31. The topological polar surface area (TPSA) is 38.3 Å². The molecule has 3 nitrogen and oxygen atoms in total. The second-order valence-electron chi connectivity index (χ2n) is 4.98. The maximum atomic E-state index is 12.2. The molecule has 0 saturated heterocycles. The summed E-state index contributed by atoms with van der Waals surface area (Å²) in [5.41, 5.74) is -0.0855. The van der Waals surface area contributed by atoms with E-state index in [1.165, 1.54) is 18.2 Å². The Hall–Kier alpha value is -1.36. The van der Waals surface area contributed by atoms with Crippen LogP contribution in [-0.4, -0.2) is 23.9 Å². The number of halogens is 3. The minimum absolute atomic E-state index is 0.0287. The van der Waals surface area contributed by atoms with Crippen LogP contribution in [0, 0.1) is 0 Å². The third-order valence-corrected chi connectivity index (χ3v) is 4.03. The Morgan fingerprint density at radius 3 is 2.70 bits per heavy atom. The van der Waals surface area contributed by atoms with E-state index in [0.29, 0.717) is 11.4 Å². The molecule has 2 rings (SSSR count). The van der Waals surface area contributed by atoms with E-state index in [2.05, 4.69) is 10.1 Å². The summed E-state index contributed by atoms with van der Waals surface area (Å²) in [7, 11) is 0. The van der Waals surface area contributed by atoms with Crippen LogP contribution in [0.2, 0.25) is 0 Å². The molecule has 0 heterocycles. The van der Waals surface area contributed by atoms with Gasteiger partial charge in [-0.15, -0.1) is 11.6 Å². The van der Waals surface area contributed by atoms with Crippen LogP contribution in [0.1, 0.15) is 36.0 Å². The second kappa shape index (κ2) is 6.39. The van der Waals surface area contributed by atoms with Crippen LogP contribution in [0.4, 0.5) is 8.78 Å². The van der Waals surface area contributed by atoms with E-state index in [0.717, 1.165) is 25.7 Å². The molecule has 20 heavy (non-hydrogen) atoms. The van der Waals surface area contributed by atoms with Crippen LogP contribution < -0.4 is 10.1 Å². The maximum absolute atomic E-state index is 12.2. The number of carbonyl (C=O) groups is 1. The molecule has 1 aromatic rings. The van der Waals surface area contributed by atoms with Crippen molar-refractivity contribution in [2.75, 3.05) is 5.88 Å². The van der Waals surface area contributed by atoms with E-state index >= 15 is 0 Å². The molecule has 1 fully saturated rings. The number of nitrogens with one attached hydrogen (secondary N) is 1. The number of hydrogen-bond donors (Lipinski definition) is 1. The average molecular weight is 304 g/mol. The van der Waals surface area contributed by atoms with Gasteiger partial charge in [0.15, 0.2) is 0 Å². The van der Waals surface area contributed by atoms with Gasteiger partial charge in [0.2, 0.25) is 0 Å². The molecule has 1 saturated carbocycles. The summed E-state index contributed by atoms with van der Waals surface area (Å²) in [6, 6.07) is 5.76. The van der Waals surface area contributed by atoms with Crippen LogP contribution in [0.15, 0.2) is 24.3 Å². The SMILES string of the molecule is O=C(NC1(CCl)CCCC1)c1cccc(OC(F)F)c1. The number of alkyl halides is 3. The third kappa shape index (κ3) is 3.60. The Balaban J connectivity index is 2.08. The Morgan fingerprint density at radius 1 is 1.40 bits per heavy atom. The lowest BCUT2D eigenvalue weighted by molar-refractivity contribution is -0.0498. The summed E-state index contributed by atoms with van der Waals surface area (Å²) in [5.74, 6) is 0.0117. The maximum Gasteiger partial charge on any atom is 0.387 e. The van der Waals surface area contributed by atoms with Crippen molar-refractivity contribution in [3.8, 4) is 5.75 Å². The lowest BCUT2D eigenvalue weighted by atomic mass is 9.99. The number of hydrogen-bond acceptors (Lipinski definition) is 2. The molecular formula is C14H16ClF2NO2. The summed E-state index contributed by atoms with van der Waals surface area (Å²) < 4.78 is 28.6. The first-order valence-corrected chi connectivity index (χ1v) is 7.01. The van der Waals surface area contributed by atoms with Crippen LogP contribution >= 0.6 is 11.6 Å². The third-order valence-electron chi connectivity index (χ3n) is 3.52. The van der Waals surface area contributed by atoms with Gasteiger partial charge in [0.05, 0.1) is 5.54 Å². The standard InChI is InChI=1S/C14H16ClF2NO2/c15-9-14(6-1-2-7-14)18-12(19)10-4-3-5-11(8-10)20-13(16)17/h3-5,8,13H,1-2,6-7,9H2,(H,18,19). The molecular weight excluding hydrogens is 288 g/mol. The minimum atomic E-state index is -2.91. The summed E-state index contributed by atoms with van der Waals surface area (Å²) in [5, 5.41) is 2.92. The molecule has 6 heteroatoms. The van der Waals surface area contributed by atoms with Crippen LogP contribution in [-0.2, 0) is 0 Å². The number of rotatable bonds is 5. The van der Waals surface area contributed by atoms with Crippen LogP contribution in [0.25, 0.3) is 0 Å². The zero-order chi connectivity index (χ0) is 14.6. The highest BCUT2D eigenvalue weighted by molar-refractivity contribution is 6.19. The minimum Gasteiger partial charge on any atom is -0.435 e. The molecule has 0 bridgehead atoms. The molecule has 0 spiro atoms. The molecule has 1 aromatic carbocycles. The van der Waals surface area contributed by atoms with E-state index in [9.17, 15) is 13.6 Å². The van der Waals surface area contributed by atoms with Gasteiger partial charge >= 0.3 is 6.61 Å². The molecule has 1 aliphatic rings.